The maximum Gasteiger partial charge on any atom is 0.337 e. The first-order valence-corrected chi connectivity index (χ1v) is 4.50. The number of aromatic carboxylic acids is 1. The van der Waals surface area contributed by atoms with Gasteiger partial charge in [-0.25, -0.2) is 9.78 Å². The zero-order chi connectivity index (χ0) is 11.5. The molecule has 0 aliphatic rings. The van der Waals surface area contributed by atoms with Gasteiger partial charge in [0.15, 0.2) is 0 Å². The van der Waals surface area contributed by atoms with E-state index in [2.05, 4.69) is 4.98 Å². The second-order valence-electron chi connectivity index (χ2n) is 3.05. The summed E-state index contributed by atoms with van der Waals surface area (Å²) in [5.41, 5.74) is 0.570. The number of rotatable bonds is 2. The summed E-state index contributed by atoms with van der Waals surface area (Å²) in [6.07, 6.45) is 3.01. The molecule has 5 nitrogen and oxygen atoms in total. The van der Waals surface area contributed by atoms with Gasteiger partial charge in [-0.05, 0) is 12.1 Å². The van der Waals surface area contributed by atoms with E-state index in [0.29, 0.717) is 5.69 Å². The molecule has 0 aliphatic carbocycles. The van der Waals surface area contributed by atoms with Gasteiger partial charge in [0, 0.05) is 12.4 Å². The highest BCUT2D eigenvalue weighted by molar-refractivity contribution is 5.92. The Hall–Kier alpha value is -2.61. The van der Waals surface area contributed by atoms with Crippen LogP contribution in [0.15, 0.2) is 36.7 Å². The summed E-state index contributed by atoms with van der Waals surface area (Å²) in [5.74, 6) is -0.873. The third kappa shape index (κ3) is 1.53. The molecule has 0 spiro atoms. The van der Waals surface area contributed by atoms with Crippen molar-refractivity contribution in [2.75, 3.05) is 0 Å². The summed E-state index contributed by atoms with van der Waals surface area (Å²) in [5, 5.41) is 17.8. The van der Waals surface area contributed by atoms with Gasteiger partial charge in [-0.15, -0.1) is 0 Å². The first kappa shape index (κ1) is 9.93. The molecule has 0 fully saturated rings. The number of imidazole rings is 1. The molecule has 78 valence electrons. The van der Waals surface area contributed by atoms with Crippen molar-refractivity contribution in [3.8, 4) is 11.8 Å². The zero-order valence-electron chi connectivity index (χ0n) is 8.16. The van der Waals surface area contributed by atoms with Crippen LogP contribution in [0.2, 0.25) is 0 Å². The highest BCUT2D eigenvalue weighted by Crippen LogP contribution is 2.15. The topological polar surface area (TPSA) is 78.9 Å². The summed E-state index contributed by atoms with van der Waals surface area (Å²) in [7, 11) is 0. The lowest BCUT2D eigenvalue weighted by Crippen LogP contribution is -2.06. The number of para-hydroxylation sites is 1. The molecule has 0 saturated carbocycles. The molecule has 0 radical (unpaired) electrons. The number of aromatic nitrogens is 2. The first-order valence-electron chi connectivity index (χ1n) is 4.50. The van der Waals surface area contributed by atoms with Crippen molar-refractivity contribution >= 4 is 5.97 Å². The Balaban J connectivity index is 2.66. The van der Waals surface area contributed by atoms with E-state index in [9.17, 15) is 4.79 Å². The summed E-state index contributed by atoms with van der Waals surface area (Å²) >= 11 is 0. The van der Waals surface area contributed by atoms with E-state index >= 15 is 0 Å². The van der Waals surface area contributed by atoms with Crippen LogP contribution in [0.1, 0.15) is 16.2 Å². The highest BCUT2D eigenvalue weighted by atomic mass is 16.4. The summed E-state index contributed by atoms with van der Waals surface area (Å²) < 4.78 is 1.45. The molecule has 0 bridgehead atoms. The molecule has 1 aromatic carbocycles. The van der Waals surface area contributed by atoms with Crippen LogP contribution >= 0.6 is 0 Å². The molecular weight excluding hydrogens is 206 g/mol. The lowest BCUT2D eigenvalue weighted by molar-refractivity contribution is 0.0697. The van der Waals surface area contributed by atoms with Crippen LogP contribution < -0.4 is 0 Å². The molecule has 0 saturated heterocycles. The van der Waals surface area contributed by atoms with Crippen LogP contribution in [-0.2, 0) is 0 Å². The smallest absolute Gasteiger partial charge is 0.337 e. The summed E-state index contributed by atoms with van der Waals surface area (Å²) in [6.45, 7) is 0. The first-order chi connectivity index (χ1) is 7.74. The molecule has 0 aliphatic heterocycles. The fourth-order valence-corrected chi connectivity index (χ4v) is 1.45. The van der Waals surface area contributed by atoms with E-state index < -0.39 is 5.97 Å². The van der Waals surface area contributed by atoms with Crippen molar-refractivity contribution in [2.45, 2.75) is 0 Å². The zero-order valence-corrected chi connectivity index (χ0v) is 8.16. The van der Waals surface area contributed by atoms with E-state index in [1.54, 1.807) is 24.4 Å². The van der Waals surface area contributed by atoms with Gasteiger partial charge in [0.25, 0.3) is 0 Å². The maximum atomic E-state index is 11.0. The van der Waals surface area contributed by atoms with Gasteiger partial charge in [0.1, 0.15) is 6.07 Å². The van der Waals surface area contributed by atoms with E-state index in [0.717, 1.165) is 0 Å². The molecule has 1 heterocycles. The SMILES string of the molecule is N#Cc1nccn1-c1ccccc1C(=O)O. The van der Waals surface area contributed by atoms with Gasteiger partial charge in [0.05, 0.1) is 11.3 Å². The molecule has 0 atom stereocenters. The number of carboxylic acids is 1. The van der Waals surface area contributed by atoms with Crippen molar-refractivity contribution in [2.24, 2.45) is 0 Å². The minimum atomic E-state index is -1.03. The minimum Gasteiger partial charge on any atom is -0.478 e. The molecule has 2 rings (SSSR count). The predicted molar refractivity (Wildman–Crippen MR) is 55.2 cm³/mol. The number of carbonyl (C=O) groups is 1. The molecule has 2 aromatic rings. The lowest BCUT2D eigenvalue weighted by Gasteiger charge is -2.06. The Morgan fingerprint density at radius 2 is 2.19 bits per heavy atom. The molecule has 1 aromatic heterocycles. The van der Waals surface area contributed by atoms with Crippen molar-refractivity contribution in [1.82, 2.24) is 9.55 Å². The van der Waals surface area contributed by atoms with Gasteiger partial charge in [0.2, 0.25) is 5.82 Å². The van der Waals surface area contributed by atoms with Crippen molar-refractivity contribution in [3.63, 3.8) is 0 Å². The normalized spacial score (nSPS) is 9.69. The number of hydrogen-bond acceptors (Lipinski definition) is 3. The van der Waals surface area contributed by atoms with Crippen molar-refractivity contribution < 1.29 is 9.90 Å². The quantitative estimate of drug-likeness (QED) is 0.818. The minimum absolute atomic E-state index is 0.136. The predicted octanol–water partition coefficient (Wildman–Crippen LogP) is 1.44. The van der Waals surface area contributed by atoms with E-state index in [4.69, 9.17) is 10.4 Å². The van der Waals surface area contributed by atoms with Gasteiger partial charge >= 0.3 is 5.97 Å². The Morgan fingerprint density at radius 3 is 2.88 bits per heavy atom. The summed E-state index contributed by atoms with van der Waals surface area (Å²) in [6, 6.07) is 8.36. The van der Waals surface area contributed by atoms with Crippen LogP contribution in [0, 0.1) is 11.3 Å². The highest BCUT2D eigenvalue weighted by Gasteiger charge is 2.12. The molecule has 0 amide bonds. The average molecular weight is 213 g/mol. The van der Waals surface area contributed by atoms with Crippen LogP contribution in [0.3, 0.4) is 0 Å². The Bertz CT molecular complexity index is 581. The van der Waals surface area contributed by atoms with Crippen molar-refractivity contribution in [3.05, 3.63) is 48.0 Å². The van der Waals surface area contributed by atoms with Crippen molar-refractivity contribution in [1.29, 1.82) is 5.26 Å². The lowest BCUT2D eigenvalue weighted by atomic mass is 10.2. The Labute approximate surface area is 91.2 Å². The van der Waals surface area contributed by atoms with Gasteiger partial charge in [-0.3, -0.25) is 4.57 Å². The maximum absolute atomic E-state index is 11.0. The van der Waals surface area contributed by atoms with Gasteiger partial charge in [-0.1, -0.05) is 12.1 Å². The van der Waals surface area contributed by atoms with Crippen LogP contribution in [0.5, 0.6) is 0 Å². The van der Waals surface area contributed by atoms with E-state index in [-0.39, 0.29) is 11.4 Å². The molecule has 1 N–H and O–H groups in total. The largest absolute Gasteiger partial charge is 0.478 e. The number of carboxylic acid groups (broad SMARTS) is 1. The van der Waals surface area contributed by atoms with E-state index in [1.807, 2.05) is 6.07 Å². The Morgan fingerprint density at radius 1 is 1.44 bits per heavy atom. The fourth-order valence-electron chi connectivity index (χ4n) is 1.45. The Kier molecular flexibility index (Phi) is 2.40. The third-order valence-corrected chi connectivity index (χ3v) is 2.13. The number of nitrogens with zero attached hydrogens (tertiary/aromatic N) is 3. The van der Waals surface area contributed by atoms with Crippen LogP contribution in [0.4, 0.5) is 0 Å². The van der Waals surface area contributed by atoms with Gasteiger partial charge in [-0.2, -0.15) is 5.26 Å². The average Bonchev–Trinajstić information content (AvgIpc) is 2.76. The third-order valence-electron chi connectivity index (χ3n) is 2.13. The molecule has 5 heteroatoms. The van der Waals surface area contributed by atoms with Gasteiger partial charge < -0.3 is 5.11 Å². The molecule has 16 heavy (non-hydrogen) atoms. The summed E-state index contributed by atoms with van der Waals surface area (Å²) in [4.78, 5) is 14.8. The molecule has 0 unspecified atom stereocenters. The number of benzene rings is 1. The second-order valence-corrected chi connectivity index (χ2v) is 3.05. The monoisotopic (exact) mass is 213 g/mol. The molecular formula is C11H7N3O2. The van der Waals surface area contributed by atoms with Crippen LogP contribution in [0.25, 0.3) is 5.69 Å². The number of nitriles is 1. The standard InChI is InChI=1S/C11H7N3O2/c12-7-10-13-5-6-14(10)9-4-2-1-3-8(9)11(15)16/h1-6H,(H,15,16). The fraction of sp³-hybridized carbons (Fsp3) is 0. The van der Waals surface area contributed by atoms with Crippen LogP contribution in [-0.4, -0.2) is 20.6 Å². The second kappa shape index (κ2) is 3.87. The van der Waals surface area contributed by atoms with E-state index in [1.165, 1.54) is 16.8 Å². The number of hydrogen-bond donors (Lipinski definition) is 1.